The highest BCUT2D eigenvalue weighted by atomic mass is 16.5. The van der Waals surface area contributed by atoms with Gasteiger partial charge in [0.25, 0.3) is 0 Å². The zero-order valence-corrected chi connectivity index (χ0v) is 19.6. The van der Waals surface area contributed by atoms with Crippen LogP contribution in [0.3, 0.4) is 0 Å². The Morgan fingerprint density at radius 2 is 1.79 bits per heavy atom. The molecule has 1 N–H and O–H groups in total. The van der Waals surface area contributed by atoms with Gasteiger partial charge in [0.2, 0.25) is 5.91 Å². The third kappa shape index (κ3) is 6.73. The fourth-order valence-electron chi connectivity index (χ4n) is 4.09. The molecule has 0 bridgehead atoms. The molecule has 4 rings (SSSR count). The van der Waals surface area contributed by atoms with Crippen molar-refractivity contribution in [1.82, 2.24) is 14.9 Å². The largest absolute Gasteiger partial charge is 0.497 e. The predicted molar refractivity (Wildman–Crippen MR) is 131 cm³/mol. The van der Waals surface area contributed by atoms with Crippen LogP contribution in [0.15, 0.2) is 48.5 Å². The number of hydrogen-bond acceptors (Lipinski definition) is 4. The van der Waals surface area contributed by atoms with Crippen molar-refractivity contribution in [1.29, 1.82) is 0 Å². The molecule has 1 heterocycles. The normalized spacial score (nSPS) is 13.2. The Kier molecular flexibility index (Phi) is 8.23. The summed E-state index contributed by atoms with van der Waals surface area (Å²) in [6, 6.07) is 16.1. The number of rotatable bonds is 14. The summed E-state index contributed by atoms with van der Waals surface area (Å²) in [5.74, 6) is 3.41. The molecule has 1 saturated carbocycles. The van der Waals surface area contributed by atoms with E-state index in [-0.39, 0.29) is 5.91 Å². The molecular weight excluding hydrogens is 414 g/mol. The molecule has 0 saturated heterocycles. The summed E-state index contributed by atoms with van der Waals surface area (Å²) >= 11 is 0. The molecule has 1 aliphatic rings. The molecule has 0 spiro atoms. The molecule has 3 aromatic rings. The van der Waals surface area contributed by atoms with Crippen molar-refractivity contribution >= 4 is 16.9 Å². The number of fused-ring (bicyclic) bond motifs is 1. The number of hydrogen-bond donors (Lipinski definition) is 1. The molecular formula is C27H35N3O3. The first-order valence-corrected chi connectivity index (χ1v) is 12.2. The molecule has 1 aliphatic carbocycles. The van der Waals surface area contributed by atoms with Crippen LogP contribution in [0.5, 0.6) is 11.5 Å². The molecule has 2 aromatic carbocycles. The molecule has 176 valence electrons. The van der Waals surface area contributed by atoms with Gasteiger partial charge in [0.1, 0.15) is 17.3 Å². The zero-order chi connectivity index (χ0) is 22.9. The number of para-hydroxylation sites is 2. The topological polar surface area (TPSA) is 65.4 Å². The van der Waals surface area contributed by atoms with E-state index in [4.69, 9.17) is 14.5 Å². The van der Waals surface area contributed by atoms with Crippen molar-refractivity contribution in [2.24, 2.45) is 5.92 Å². The van der Waals surface area contributed by atoms with Crippen molar-refractivity contribution in [3.05, 3.63) is 54.4 Å². The Labute approximate surface area is 196 Å². The fraction of sp³-hybridized carbons (Fsp3) is 0.481. The van der Waals surface area contributed by atoms with E-state index >= 15 is 0 Å². The van der Waals surface area contributed by atoms with Crippen molar-refractivity contribution in [2.75, 3.05) is 20.3 Å². The average Bonchev–Trinajstić information content (AvgIpc) is 3.64. The number of unbranched alkanes of at least 4 members (excludes halogenated alkanes) is 3. The number of nitrogens with zero attached hydrogens (tertiary/aromatic N) is 2. The van der Waals surface area contributed by atoms with E-state index in [1.165, 1.54) is 5.52 Å². The Morgan fingerprint density at radius 1 is 1.00 bits per heavy atom. The van der Waals surface area contributed by atoms with Gasteiger partial charge in [0.05, 0.1) is 24.8 Å². The van der Waals surface area contributed by atoms with Gasteiger partial charge < -0.3 is 19.4 Å². The van der Waals surface area contributed by atoms with Crippen LogP contribution in [-0.2, 0) is 17.8 Å². The number of imidazole rings is 1. The Balaban J connectivity index is 1.21. The summed E-state index contributed by atoms with van der Waals surface area (Å²) in [5, 5.41) is 3.06. The number of benzene rings is 2. The summed E-state index contributed by atoms with van der Waals surface area (Å²) in [7, 11) is 1.67. The number of methoxy groups -OCH3 is 1. The van der Waals surface area contributed by atoms with Gasteiger partial charge >= 0.3 is 0 Å². The lowest BCUT2D eigenvalue weighted by Gasteiger charge is -2.11. The molecule has 1 fully saturated rings. The van der Waals surface area contributed by atoms with Crippen LogP contribution in [0.1, 0.15) is 50.8 Å². The highest BCUT2D eigenvalue weighted by Gasteiger charge is 2.28. The smallest absolute Gasteiger partial charge is 0.223 e. The lowest BCUT2D eigenvalue weighted by molar-refractivity contribution is -0.122. The van der Waals surface area contributed by atoms with Crippen molar-refractivity contribution in [2.45, 2.75) is 57.9 Å². The average molecular weight is 450 g/mol. The Hall–Kier alpha value is -3.02. The van der Waals surface area contributed by atoms with Crippen LogP contribution in [0.25, 0.3) is 11.0 Å². The van der Waals surface area contributed by atoms with Gasteiger partial charge in [-0.05, 0) is 74.9 Å². The third-order valence-corrected chi connectivity index (χ3v) is 6.16. The molecule has 0 unspecified atom stereocenters. The molecule has 0 atom stereocenters. The van der Waals surface area contributed by atoms with Gasteiger partial charge in [-0.25, -0.2) is 4.98 Å². The SMILES string of the molecule is COc1ccc(OCCCCn2c(CCCCCNC(=O)C3CC3)nc3ccccc32)cc1. The molecule has 1 aromatic heterocycles. The number of amides is 1. The second-order valence-electron chi connectivity index (χ2n) is 8.78. The minimum atomic E-state index is 0.243. The van der Waals surface area contributed by atoms with Crippen LogP contribution in [0, 0.1) is 5.92 Å². The van der Waals surface area contributed by atoms with Crippen molar-refractivity contribution in [3.8, 4) is 11.5 Å². The minimum absolute atomic E-state index is 0.243. The van der Waals surface area contributed by atoms with Gasteiger partial charge in [0.15, 0.2) is 0 Å². The number of aromatic nitrogens is 2. The first kappa shape index (κ1) is 23.1. The van der Waals surface area contributed by atoms with Crippen LogP contribution >= 0.6 is 0 Å². The van der Waals surface area contributed by atoms with Gasteiger partial charge in [-0.3, -0.25) is 4.79 Å². The van der Waals surface area contributed by atoms with Gasteiger partial charge in [-0.15, -0.1) is 0 Å². The molecule has 6 nitrogen and oxygen atoms in total. The maximum Gasteiger partial charge on any atom is 0.223 e. The van der Waals surface area contributed by atoms with E-state index in [2.05, 4.69) is 34.1 Å². The molecule has 6 heteroatoms. The minimum Gasteiger partial charge on any atom is -0.497 e. The number of carbonyl (C=O) groups excluding carboxylic acids is 1. The molecule has 0 aliphatic heterocycles. The van der Waals surface area contributed by atoms with Crippen LogP contribution in [0.2, 0.25) is 0 Å². The van der Waals surface area contributed by atoms with Gasteiger partial charge in [-0.2, -0.15) is 0 Å². The summed E-state index contributed by atoms with van der Waals surface area (Å²) < 4.78 is 13.4. The zero-order valence-electron chi connectivity index (χ0n) is 19.6. The standard InChI is InChI=1S/C27H35N3O3/c1-32-22-14-16-23(17-15-22)33-20-8-7-19-30-25-10-5-4-9-24(25)29-26(30)11-3-2-6-18-28-27(31)21-12-13-21/h4-5,9-10,14-17,21H,2-3,6-8,11-13,18-20H2,1H3,(H,28,31). The fourth-order valence-corrected chi connectivity index (χ4v) is 4.09. The van der Waals surface area contributed by atoms with E-state index in [1.54, 1.807) is 7.11 Å². The van der Waals surface area contributed by atoms with Crippen LogP contribution in [-0.4, -0.2) is 35.7 Å². The Morgan fingerprint density at radius 3 is 2.58 bits per heavy atom. The lowest BCUT2D eigenvalue weighted by Crippen LogP contribution is -2.25. The van der Waals surface area contributed by atoms with E-state index in [0.717, 1.165) is 87.3 Å². The quantitative estimate of drug-likeness (QED) is 0.346. The first-order chi connectivity index (χ1) is 16.2. The van der Waals surface area contributed by atoms with Gasteiger partial charge in [-0.1, -0.05) is 18.6 Å². The molecule has 33 heavy (non-hydrogen) atoms. The van der Waals surface area contributed by atoms with Crippen molar-refractivity contribution < 1.29 is 14.3 Å². The second kappa shape index (κ2) is 11.7. The third-order valence-electron chi connectivity index (χ3n) is 6.16. The lowest BCUT2D eigenvalue weighted by atomic mass is 10.2. The highest BCUT2D eigenvalue weighted by Crippen LogP contribution is 2.28. The summed E-state index contributed by atoms with van der Waals surface area (Å²) in [4.78, 5) is 16.6. The predicted octanol–water partition coefficient (Wildman–Crippen LogP) is 5.14. The van der Waals surface area contributed by atoms with E-state index in [9.17, 15) is 4.79 Å². The van der Waals surface area contributed by atoms with Crippen LogP contribution < -0.4 is 14.8 Å². The number of aryl methyl sites for hydroxylation is 2. The monoisotopic (exact) mass is 449 g/mol. The number of ether oxygens (including phenoxy) is 2. The number of nitrogens with one attached hydrogen (secondary N) is 1. The van der Waals surface area contributed by atoms with Crippen molar-refractivity contribution in [3.63, 3.8) is 0 Å². The van der Waals surface area contributed by atoms with Gasteiger partial charge in [0, 0.05) is 25.4 Å². The molecule has 0 radical (unpaired) electrons. The second-order valence-corrected chi connectivity index (χ2v) is 8.78. The number of carbonyl (C=O) groups is 1. The van der Waals surface area contributed by atoms with Crippen LogP contribution in [0.4, 0.5) is 0 Å². The Bertz CT molecular complexity index is 1020. The van der Waals surface area contributed by atoms with E-state index in [0.29, 0.717) is 12.5 Å². The van der Waals surface area contributed by atoms with E-state index in [1.807, 2.05) is 24.3 Å². The first-order valence-electron chi connectivity index (χ1n) is 12.2. The van der Waals surface area contributed by atoms with E-state index < -0.39 is 0 Å². The summed E-state index contributed by atoms with van der Waals surface area (Å²) in [5.41, 5.74) is 2.28. The summed E-state index contributed by atoms with van der Waals surface area (Å²) in [6.07, 6.45) is 8.34. The summed E-state index contributed by atoms with van der Waals surface area (Å²) in [6.45, 7) is 2.43. The maximum absolute atomic E-state index is 11.7. The maximum atomic E-state index is 11.7. The highest BCUT2D eigenvalue weighted by molar-refractivity contribution is 5.80. The molecule has 1 amide bonds.